The van der Waals surface area contributed by atoms with Crippen LogP contribution in [0.2, 0.25) is 5.02 Å². The second-order valence-electron chi connectivity index (χ2n) is 16.5. The fourth-order valence-corrected chi connectivity index (χ4v) is 11.7. The van der Waals surface area contributed by atoms with E-state index in [1.807, 2.05) is 19.9 Å². The molecule has 3 aliphatic rings. The Kier molecular flexibility index (Phi) is 13.2. The van der Waals surface area contributed by atoms with Crippen LogP contribution in [0.25, 0.3) is 11.3 Å². The third-order valence-electron chi connectivity index (χ3n) is 12.3. The van der Waals surface area contributed by atoms with E-state index in [2.05, 4.69) is 4.74 Å². The molecule has 0 spiro atoms. The number of benzene rings is 3. The van der Waals surface area contributed by atoms with E-state index < -0.39 is 69.2 Å². The van der Waals surface area contributed by atoms with E-state index >= 15 is 0 Å². The van der Waals surface area contributed by atoms with Crippen LogP contribution in [-0.2, 0) is 29.2 Å². The highest BCUT2D eigenvalue weighted by atomic mass is 35.5. The van der Waals surface area contributed by atoms with Crippen molar-refractivity contribution in [3.63, 3.8) is 0 Å². The molecule has 5 aromatic rings. The molecular weight excluding hydrogens is 892 g/mol. The summed E-state index contributed by atoms with van der Waals surface area (Å²) < 4.78 is 120. The third-order valence-corrected chi connectivity index (χ3v) is 15.8. The Hall–Kier alpha value is -4.45. The molecule has 8 rings (SSSR count). The number of aliphatic hydroxyl groups is 2. The molecule has 2 bridgehead atoms. The Bertz CT molecular complexity index is 2590. The van der Waals surface area contributed by atoms with Crippen LogP contribution < -0.4 is 4.74 Å². The number of hydrogen-bond donors (Lipinski definition) is 2. The quantitative estimate of drug-likeness (QED) is 0.0813. The zero-order chi connectivity index (χ0) is 45.5. The molecule has 0 unspecified atom stereocenters. The number of ether oxygens (including phenoxy) is 1. The molecule has 0 amide bonds. The molecule has 0 saturated heterocycles. The second kappa shape index (κ2) is 17.8. The number of sulfonamides is 1. The molecule has 0 radical (unpaired) electrons. The van der Waals surface area contributed by atoms with Crippen LogP contribution in [0, 0.1) is 5.41 Å². The van der Waals surface area contributed by atoms with Gasteiger partial charge in [-0.15, -0.1) is 24.5 Å². The molecule has 1 fully saturated rings. The van der Waals surface area contributed by atoms with Gasteiger partial charge in [0, 0.05) is 29.6 Å². The summed E-state index contributed by atoms with van der Waals surface area (Å²) in [6, 6.07) is 18.6. The number of furan rings is 1. The van der Waals surface area contributed by atoms with Gasteiger partial charge >= 0.3 is 12.5 Å². The first-order valence-corrected chi connectivity index (χ1v) is 22.8. The van der Waals surface area contributed by atoms with Crippen molar-refractivity contribution in [2.45, 2.75) is 99.7 Å². The summed E-state index contributed by atoms with van der Waals surface area (Å²) in [5, 5.41) is 25.7. The van der Waals surface area contributed by atoms with Crippen LogP contribution in [0.1, 0.15) is 96.7 Å². The number of hydrogen-bond acceptors (Lipinski definition) is 8. The van der Waals surface area contributed by atoms with Crippen LogP contribution in [-0.4, -0.2) is 53.3 Å². The van der Waals surface area contributed by atoms with Gasteiger partial charge in [-0.05, 0) is 134 Å². The number of allylic oxidation sites excluding steroid dienone is 2. The normalized spacial score (nSPS) is 22.4. The Morgan fingerprint density at radius 2 is 1.73 bits per heavy atom. The third kappa shape index (κ3) is 10.1. The maximum atomic E-state index is 14.7. The van der Waals surface area contributed by atoms with Crippen molar-refractivity contribution < 1.29 is 58.9 Å². The molecule has 2 heterocycles. The summed E-state index contributed by atoms with van der Waals surface area (Å²) in [4.78, 5) is 14.7. The zero-order valence-corrected chi connectivity index (χ0v) is 36.5. The van der Waals surface area contributed by atoms with Crippen molar-refractivity contribution in [1.82, 2.24) is 4.31 Å². The monoisotopic (exact) mass is 935 g/mol. The molecular formula is C46H44ClF6NO7S2. The van der Waals surface area contributed by atoms with Gasteiger partial charge in [0.1, 0.15) is 15.7 Å². The summed E-state index contributed by atoms with van der Waals surface area (Å²) in [7, 11) is -4.28. The maximum absolute atomic E-state index is 14.7. The fraction of sp³-hybridized carbons (Fsp3) is 0.370. The lowest BCUT2D eigenvalue weighted by molar-refractivity contribution is -0.274. The van der Waals surface area contributed by atoms with Crippen molar-refractivity contribution in [2.24, 2.45) is 5.41 Å². The van der Waals surface area contributed by atoms with Gasteiger partial charge in [-0.3, -0.25) is 4.79 Å². The van der Waals surface area contributed by atoms with Gasteiger partial charge in [-0.1, -0.05) is 60.5 Å². The Labute approximate surface area is 369 Å². The molecule has 1 saturated carbocycles. The topological polar surface area (TPSA) is 117 Å². The van der Waals surface area contributed by atoms with Crippen molar-refractivity contribution in [3.8, 4) is 17.1 Å². The minimum Gasteiger partial charge on any atom is -0.453 e. The summed E-state index contributed by atoms with van der Waals surface area (Å²) in [6.45, 7) is 3.11. The van der Waals surface area contributed by atoms with Crippen molar-refractivity contribution >= 4 is 38.7 Å². The van der Waals surface area contributed by atoms with Gasteiger partial charge in [0.05, 0.1) is 22.3 Å². The first kappa shape index (κ1) is 46.5. The van der Waals surface area contributed by atoms with Gasteiger partial charge in [-0.25, -0.2) is 8.42 Å². The van der Waals surface area contributed by atoms with Gasteiger partial charge < -0.3 is 19.4 Å². The van der Waals surface area contributed by atoms with Gasteiger partial charge in [-0.2, -0.15) is 17.5 Å². The molecule has 63 heavy (non-hydrogen) atoms. The highest BCUT2D eigenvalue weighted by Gasteiger charge is 2.58. The number of nitrogens with zero attached hydrogens (tertiary/aromatic N) is 1. The van der Waals surface area contributed by atoms with Crippen molar-refractivity contribution in [3.05, 3.63) is 141 Å². The largest absolute Gasteiger partial charge is 0.573 e. The average molecular weight is 936 g/mol. The standard InChI is InChI=1S/C46H44ClF6NO7S2/c1-28-5-3-20-43(2)37(19-21-44(43,57)27-54(63(58,59)41-6-4-22-62-41)26-29-8-13-33(14-9-29)61-46(51,52)53)34-15-10-30(23-32(55)12-7-28)24-35(34)42(56)40-18-17-39(60-40)36-25-31(45(48,49)50)11-16-38(36)47/h4-6,8-11,13-18,22,24-25,32,37,55,57H,3,7,12,19-21,23,26-27H2,1-2H3/t32-,37-,43-,44+/m0/s1. The van der Waals surface area contributed by atoms with Crippen molar-refractivity contribution in [2.75, 3.05) is 6.54 Å². The maximum Gasteiger partial charge on any atom is 0.573 e. The molecule has 2 aromatic heterocycles. The number of fused-ring (bicyclic) bond motifs is 8. The minimum absolute atomic E-state index is 0.00212. The molecule has 8 nitrogen and oxygen atoms in total. The number of rotatable bonds is 10. The predicted molar refractivity (Wildman–Crippen MR) is 226 cm³/mol. The molecule has 0 aliphatic heterocycles. The molecule has 17 heteroatoms. The van der Waals surface area contributed by atoms with Crippen LogP contribution in [0.15, 0.2) is 111 Å². The van der Waals surface area contributed by atoms with Crippen LogP contribution in [0.5, 0.6) is 5.75 Å². The lowest BCUT2D eigenvalue weighted by Crippen LogP contribution is -2.53. The highest BCUT2D eigenvalue weighted by molar-refractivity contribution is 7.91. The number of ketones is 1. The Morgan fingerprint density at radius 1 is 0.984 bits per heavy atom. The lowest BCUT2D eigenvalue weighted by Gasteiger charge is -2.46. The van der Waals surface area contributed by atoms with E-state index in [1.165, 1.54) is 30.3 Å². The SMILES string of the molecule is CC1=CCC[C@@]2(C)[C@@H](CC[C@@]2(O)CN(Cc2ccc(OC(F)(F)F)cc2)S(=O)(=O)c2cccs2)c2ccc(cc2C(=O)c2ccc(-c3cc(C(F)(F)F)ccc3Cl)o2)C[C@@H](O)CC1. The van der Waals surface area contributed by atoms with Crippen LogP contribution >= 0.6 is 22.9 Å². The van der Waals surface area contributed by atoms with Gasteiger partial charge in [0.25, 0.3) is 10.0 Å². The first-order chi connectivity index (χ1) is 29.6. The number of carbonyl (C=O) groups is 1. The highest BCUT2D eigenvalue weighted by Crippen LogP contribution is 2.59. The molecule has 3 aromatic carbocycles. The van der Waals surface area contributed by atoms with E-state index in [1.54, 1.807) is 29.6 Å². The van der Waals surface area contributed by atoms with Crippen LogP contribution in [0.4, 0.5) is 26.3 Å². The van der Waals surface area contributed by atoms with E-state index in [0.29, 0.717) is 48.8 Å². The Balaban J connectivity index is 1.30. The smallest absolute Gasteiger partial charge is 0.453 e. The Morgan fingerprint density at radius 3 is 2.41 bits per heavy atom. The van der Waals surface area contributed by atoms with E-state index in [0.717, 1.165) is 51.5 Å². The van der Waals surface area contributed by atoms with Gasteiger partial charge in [0.15, 0.2) is 5.76 Å². The summed E-state index contributed by atoms with van der Waals surface area (Å²) >= 11 is 7.29. The van der Waals surface area contributed by atoms with E-state index in [9.17, 15) is 49.8 Å². The number of thiophene rings is 1. The van der Waals surface area contributed by atoms with E-state index in [4.69, 9.17) is 16.0 Å². The number of aliphatic hydroxyl groups excluding tert-OH is 1. The first-order valence-electron chi connectivity index (χ1n) is 20.2. The number of carbonyl (C=O) groups excluding carboxylic acids is 1. The zero-order valence-electron chi connectivity index (χ0n) is 34.1. The van der Waals surface area contributed by atoms with Crippen molar-refractivity contribution in [1.29, 1.82) is 0 Å². The number of halogens is 7. The molecule has 3 aliphatic carbocycles. The second-order valence-corrected chi connectivity index (χ2v) is 20.0. The minimum atomic E-state index is -4.93. The summed E-state index contributed by atoms with van der Waals surface area (Å²) in [5.41, 5.74) is -1.16. The molecule has 2 N–H and O–H groups in total. The van der Waals surface area contributed by atoms with Crippen LogP contribution in [0.3, 0.4) is 0 Å². The number of alkyl halides is 6. The molecule has 336 valence electrons. The summed E-state index contributed by atoms with van der Waals surface area (Å²) in [5.74, 6) is -1.90. The molecule has 4 atom stereocenters. The average Bonchev–Trinajstić information content (AvgIpc) is 3.98. The van der Waals surface area contributed by atoms with Gasteiger partial charge in [0.2, 0.25) is 5.78 Å². The fourth-order valence-electron chi connectivity index (χ4n) is 8.88. The van der Waals surface area contributed by atoms with E-state index in [-0.39, 0.29) is 51.3 Å². The lowest BCUT2D eigenvalue weighted by atomic mass is 9.65. The summed E-state index contributed by atoms with van der Waals surface area (Å²) in [6.07, 6.45) is -5.91. The predicted octanol–water partition coefficient (Wildman–Crippen LogP) is 11.7.